The largest absolute Gasteiger partial charge is 0.495 e. The van der Waals surface area contributed by atoms with Crippen molar-refractivity contribution in [3.8, 4) is 5.75 Å². The molecule has 0 unspecified atom stereocenters. The van der Waals surface area contributed by atoms with Gasteiger partial charge in [-0.1, -0.05) is 23.2 Å². The molecular formula is C8H7Cl3O. The van der Waals surface area contributed by atoms with Gasteiger partial charge in [-0.2, -0.15) is 0 Å². The van der Waals surface area contributed by atoms with E-state index in [9.17, 15) is 0 Å². The van der Waals surface area contributed by atoms with Gasteiger partial charge in [-0.05, 0) is 12.1 Å². The topological polar surface area (TPSA) is 9.23 Å². The minimum atomic E-state index is 0.287. The molecule has 0 radical (unpaired) electrons. The highest BCUT2D eigenvalue weighted by atomic mass is 35.5. The fourth-order valence-corrected chi connectivity index (χ4v) is 1.85. The first-order valence-corrected chi connectivity index (χ1v) is 4.56. The highest BCUT2D eigenvalue weighted by molar-refractivity contribution is 6.38. The average molecular weight is 226 g/mol. The van der Waals surface area contributed by atoms with Crippen LogP contribution in [0.2, 0.25) is 10.0 Å². The van der Waals surface area contributed by atoms with Crippen molar-refractivity contribution in [3.05, 3.63) is 27.7 Å². The molecule has 66 valence electrons. The molecular weight excluding hydrogens is 218 g/mol. The maximum atomic E-state index is 5.92. The number of ether oxygens (including phenoxy) is 1. The van der Waals surface area contributed by atoms with Gasteiger partial charge in [0.15, 0.2) is 0 Å². The molecule has 1 nitrogen and oxygen atoms in total. The number of alkyl halides is 1. The van der Waals surface area contributed by atoms with Crippen molar-refractivity contribution < 1.29 is 4.74 Å². The van der Waals surface area contributed by atoms with Gasteiger partial charge in [-0.3, -0.25) is 0 Å². The quantitative estimate of drug-likeness (QED) is 0.697. The van der Waals surface area contributed by atoms with Crippen molar-refractivity contribution in [1.82, 2.24) is 0 Å². The summed E-state index contributed by atoms with van der Waals surface area (Å²) in [4.78, 5) is 0. The summed E-state index contributed by atoms with van der Waals surface area (Å²) >= 11 is 17.4. The van der Waals surface area contributed by atoms with E-state index in [4.69, 9.17) is 39.5 Å². The van der Waals surface area contributed by atoms with Crippen LogP contribution in [0.4, 0.5) is 0 Å². The Bertz CT molecular complexity index is 286. The van der Waals surface area contributed by atoms with Crippen molar-refractivity contribution in [1.29, 1.82) is 0 Å². The van der Waals surface area contributed by atoms with E-state index in [0.717, 1.165) is 0 Å². The fraction of sp³-hybridized carbons (Fsp3) is 0.250. The summed E-state index contributed by atoms with van der Waals surface area (Å²) in [6, 6.07) is 3.42. The van der Waals surface area contributed by atoms with E-state index < -0.39 is 0 Å². The normalized spacial score (nSPS) is 10.0. The van der Waals surface area contributed by atoms with Crippen LogP contribution in [0.3, 0.4) is 0 Å². The second kappa shape index (κ2) is 4.22. The molecule has 0 heterocycles. The summed E-state index contributed by atoms with van der Waals surface area (Å²) in [5.74, 6) is 0.881. The maximum absolute atomic E-state index is 5.92. The molecule has 0 aliphatic rings. The Morgan fingerprint density at radius 2 is 2.00 bits per heavy atom. The van der Waals surface area contributed by atoms with Crippen molar-refractivity contribution in [3.63, 3.8) is 0 Å². The first-order valence-electron chi connectivity index (χ1n) is 3.27. The lowest BCUT2D eigenvalue weighted by atomic mass is 10.2. The summed E-state index contributed by atoms with van der Waals surface area (Å²) < 4.78 is 4.99. The number of methoxy groups -OCH3 is 1. The number of rotatable bonds is 2. The summed E-state index contributed by atoms with van der Waals surface area (Å²) in [5.41, 5.74) is 0.708. The highest BCUT2D eigenvalue weighted by Gasteiger charge is 2.09. The minimum Gasteiger partial charge on any atom is -0.495 e. The van der Waals surface area contributed by atoms with Crippen LogP contribution in [0.1, 0.15) is 5.56 Å². The summed E-state index contributed by atoms with van der Waals surface area (Å²) in [6.45, 7) is 0. The van der Waals surface area contributed by atoms with E-state index in [-0.39, 0.29) is 5.88 Å². The lowest BCUT2D eigenvalue weighted by Gasteiger charge is -2.07. The lowest BCUT2D eigenvalue weighted by Crippen LogP contribution is -1.89. The first kappa shape index (κ1) is 9.97. The van der Waals surface area contributed by atoms with Gasteiger partial charge in [0.05, 0.1) is 18.0 Å². The van der Waals surface area contributed by atoms with Crippen LogP contribution in [-0.4, -0.2) is 7.11 Å². The molecule has 0 fully saturated rings. The molecule has 0 aliphatic heterocycles. The van der Waals surface area contributed by atoms with E-state index in [1.54, 1.807) is 19.2 Å². The molecule has 0 saturated heterocycles. The summed E-state index contributed by atoms with van der Waals surface area (Å²) in [5, 5.41) is 1.05. The van der Waals surface area contributed by atoms with E-state index in [1.165, 1.54) is 0 Å². The SMILES string of the molecule is COc1ccc(Cl)c(CCl)c1Cl. The second-order valence-corrected chi connectivity index (χ2v) is 3.23. The van der Waals surface area contributed by atoms with Gasteiger partial charge in [-0.25, -0.2) is 0 Å². The predicted octanol–water partition coefficient (Wildman–Crippen LogP) is 3.74. The van der Waals surface area contributed by atoms with Crippen LogP contribution in [0.5, 0.6) is 5.75 Å². The van der Waals surface area contributed by atoms with Crippen LogP contribution in [-0.2, 0) is 5.88 Å². The number of benzene rings is 1. The molecule has 0 bridgehead atoms. The third kappa shape index (κ3) is 1.79. The Morgan fingerprint density at radius 1 is 1.33 bits per heavy atom. The highest BCUT2D eigenvalue weighted by Crippen LogP contribution is 2.33. The Kier molecular flexibility index (Phi) is 3.51. The average Bonchev–Trinajstić information content (AvgIpc) is 2.06. The van der Waals surface area contributed by atoms with Crippen LogP contribution < -0.4 is 4.74 Å². The van der Waals surface area contributed by atoms with Crippen molar-refractivity contribution in [2.24, 2.45) is 0 Å². The molecule has 0 amide bonds. The molecule has 0 atom stereocenters. The van der Waals surface area contributed by atoms with Gasteiger partial charge in [0.1, 0.15) is 5.75 Å². The first-order chi connectivity index (χ1) is 5.70. The van der Waals surface area contributed by atoms with E-state index in [0.29, 0.717) is 21.4 Å². The molecule has 0 N–H and O–H groups in total. The van der Waals surface area contributed by atoms with Crippen molar-refractivity contribution in [2.45, 2.75) is 5.88 Å². The fourth-order valence-electron chi connectivity index (χ4n) is 0.856. The molecule has 0 aromatic heterocycles. The van der Waals surface area contributed by atoms with Crippen molar-refractivity contribution in [2.75, 3.05) is 7.11 Å². The third-order valence-electron chi connectivity index (χ3n) is 1.50. The Morgan fingerprint density at radius 3 is 2.50 bits per heavy atom. The Balaban J connectivity index is 3.24. The van der Waals surface area contributed by atoms with Crippen LogP contribution in [0, 0.1) is 0 Å². The van der Waals surface area contributed by atoms with Gasteiger partial charge in [-0.15, -0.1) is 11.6 Å². The molecule has 1 aromatic carbocycles. The molecule has 12 heavy (non-hydrogen) atoms. The van der Waals surface area contributed by atoms with Gasteiger partial charge in [0.25, 0.3) is 0 Å². The third-order valence-corrected chi connectivity index (χ3v) is 2.54. The standard InChI is InChI=1S/C8H7Cl3O/c1-12-7-3-2-6(10)5(4-9)8(7)11/h2-3H,4H2,1H3. The van der Waals surface area contributed by atoms with Gasteiger partial charge >= 0.3 is 0 Å². The molecule has 1 aromatic rings. The molecule has 0 spiro atoms. The Hall–Kier alpha value is -0.110. The van der Waals surface area contributed by atoms with E-state index in [2.05, 4.69) is 0 Å². The molecule has 1 rings (SSSR count). The predicted molar refractivity (Wildman–Crippen MR) is 52.6 cm³/mol. The smallest absolute Gasteiger partial charge is 0.137 e. The second-order valence-electron chi connectivity index (χ2n) is 2.18. The summed E-state index contributed by atoms with van der Waals surface area (Å²) in [6.07, 6.45) is 0. The van der Waals surface area contributed by atoms with Crippen LogP contribution >= 0.6 is 34.8 Å². The minimum absolute atomic E-state index is 0.287. The van der Waals surface area contributed by atoms with E-state index >= 15 is 0 Å². The lowest BCUT2D eigenvalue weighted by molar-refractivity contribution is 0.414. The zero-order valence-electron chi connectivity index (χ0n) is 6.40. The number of halogens is 3. The molecule has 4 heteroatoms. The molecule has 0 saturated carbocycles. The maximum Gasteiger partial charge on any atom is 0.137 e. The number of hydrogen-bond donors (Lipinski definition) is 0. The van der Waals surface area contributed by atoms with Crippen molar-refractivity contribution >= 4 is 34.8 Å². The summed E-state index contributed by atoms with van der Waals surface area (Å²) in [7, 11) is 1.55. The monoisotopic (exact) mass is 224 g/mol. The van der Waals surface area contributed by atoms with Gasteiger partial charge < -0.3 is 4.74 Å². The van der Waals surface area contributed by atoms with Gasteiger partial charge in [0, 0.05) is 10.6 Å². The zero-order chi connectivity index (χ0) is 9.14. The van der Waals surface area contributed by atoms with Gasteiger partial charge in [0.2, 0.25) is 0 Å². The molecule has 0 aliphatic carbocycles. The zero-order valence-corrected chi connectivity index (χ0v) is 8.67. The van der Waals surface area contributed by atoms with E-state index in [1.807, 2.05) is 0 Å². The Labute approximate surface area is 86.2 Å². The number of hydrogen-bond acceptors (Lipinski definition) is 1. The van der Waals surface area contributed by atoms with Crippen LogP contribution in [0.25, 0.3) is 0 Å². The van der Waals surface area contributed by atoms with Crippen LogP contribution in [0.15, 0.2) is 12.1 Å².